The monoisotopic (exact) mass is 278 g/mol. The van der Waals surface area contributed by atoms with E-state index in [9.17, 15) is 9.59 Å². The van der Waals surface area contributed by atoms with Crippen LogP contribution in [0.2, 0.25) is 0 Å². The van der Waals surface area contributed by atoms with E-state index in [2.05, 4.69) is 16.6 Å². The normalized spacial score (nSPS) is 9.80. The molecule has 3 N–H and O–H groups in total. The van der Waals surface area contributed by atoms with Crippen LogP contribution in [0, 0.1) is 19.3 Å². The number of unbranched alkanes of at least 4 members (excludes halogenated alkanes) is 2. The van der Waals surface area contributed by atoms with Crippen molar-refractivity contribution < 1.29 is 19.1 Å². The fraction of sp³-hybridized carbons (Fsp3) is 0.429. The zero-order chi connectivity index (χ0) is 15.0. The molecule has 0 bridgehead atoms. The first-order valence-corrected chi connectivity index (χ1v) is 6.32. The predicted molar refractivity (Wildman–Crippen MR) is 73.3 cm³/mol. The van der Waals surface area contributed by atoms with E-state index in [4.69, 9.17) is 15.9 Å². The van der Waals surface area contributed by atoms with Gasteiger partial charge in [0, 0.05) is 13.0 Å². The summed E-state index contributed by atoms with van der Waals surface area (Å²) in [6, 6.07) is 1.09. The SMILES string of the molecule is C#CCCCCNC(=O)NCc1cc(C(=O)O)c(C)o1. The van der Waals surface area contributed by atoms with Crippen LogP contribution in [0.3, 0.4) is 0 Å². The lowest BCUT2D eigenvalue weighted by Gasteiger charge is -2.05. The third-order valence-corrected chi connectivity index (χ3v) is 2.66. The molecule has 0 saturated heterocycles. The van der Waals surface area contributed by atoms with Crippen LogP contribution in [-0.2, 0) is 6.54 Å². The van der Waals surface area contributed by atoms with Gasteiger partial charge in [0.1, 0.15) is 17.1 Å². The first kappa shape index (κ1) is 15.6. The highest BCUT2D eigenvalue weighted by atomic mass is 16.4. The minimum Gasteiger partial charge on any atom is -0.478 e. The number of aryl methyl sites for hydroxylation is 1. The molecular weight excluding hydrogens is 260 g/mol. The molecule has 0 aliphatic heterocycles. The molecule has 0 saturated carbocycles. The fourth-order valence-electron chi connectivity index (χ4n) is 1.63. The Balaban J connectivity index is 2.29. The van der Waals surface area contributed by atoms with Crippen LogP contribution in [0.4, 0.5) is 4.79 Å². The largest absolute Gasteiger partial charge is 0.478 e. The third-order valence-electron chi connectivity index (χ3n) is 2.66. The molecule has 6 nitrogen and oxygen atoms in total. The molecule has 6 heteroatoms. The minimum atomic E-state index is -1.05. The number of urea groups is 1. The summed E-state index contributed by atoms with van der Waals surface area (Å²) >= 11 is 0. The van der Waals surface area contributed by atoms with Crippen molar-refractivity contribution in [2.45, 2.75) is 32.7 Å². The van der Waals surface area contributed by atoms with Crippen LogP contribution in [0.15, 0.2) is 10.5 Å². The summed E-state index contributed by atoms with van der Waals surface area (Å²) < 4.78 is 5.24. The second-order valence-corrected chi connectivity index (χ2v) is 4.26. The van der Waals surface area contributed by atoms with Crippen molar-refractivity contribution in [1.82, 2.24) is 10.6 Å². The van der Waals surface area contributed by atoms with Crippen molar-refractivity contribution in [1.29, 1.82) is 0 Å². The Bertz CT molecular complexity index is 514. The van der Waals surface area contributed by atoms with E-state index in [-0.39, 0.29) is 18.1 Å². The van der Waals surface area contributed by atoms with E-state index in [0.717, 1.165) is 12.8 Å². The first-order valence-electron chi connectivity index (χ1n) is 6.32. The molecule has 0 aromatic carbocycles. The van der Waals surface area contributed by atoms with Gasteiger partial charge >= 0.3 is 12.0 Å². The van der Waals surface area contributed by atoms with Gasteiger partial charge in [-0.1, -0.05) is 0 Å². The number of furan rings is 1. The van der Waals surface area contributed by atoms with Crippen LogP contribution >= 0.6 is 0 Å². The van der Waals surface area contributed by atoms with Gasteiger partial charge in [-0.25, -0.2) is 9.59 Å². The van der Waals surface area contributed by atoms with E-state index >= 15 is 0 Å². The van der Waals surface area contributed by atoms with Crippen molar-refractivity contribution in [3.63, 3.8) is 0 Å². The molecule has 0 radical (unpaired) electrons. The number of carboxylic acid groups (broad SMARTS) is 1. The second-order valence-electron chi connectivity index (χ2n) is 4.26. The van der Waals surface area contributed by atoms with Gasteiger partial charge in [-0.2, -0.15) is 0 Å². The Morgan fingerprint density at radius 3 is 2.75 bits per heavy atom. The molecule has 0 atom stereocenters. The summed E-state index contributed by atoms with van der Waals surface area (Å²) in [5.74, 6) is 2.21. The Labute approximate surface area is 117 Å². The Morgan fingerprint density at radius 2 is 2.15 bits per heavy atom. The number of nitrogens with one attached hydrogen (secondary N) is 2. The van der Waals surface area contributed by atoms with Gasteiger partial charge in [0.15, 0.2) is 0 Å². The summed E-state index contributed by atoms with van der Waals surface area (Å²) in [4.78, 5) is 22.3. The number of hydrogen-bond acceptors (Lipinski definition) is 3. The smallest absolute Gasteiger partial charge is 0.339 e. The van der Waals surface area contributed by atoms with E-state index in [1.54, 1.807) is 6.92 Å². The molecule has 108 valence electrons. The van der Waals surface area contributed by atoms with Gasteiger partial charge in [-0.15, -0.1) is 12.3 Å². The average molecular weight is 278 g/mol. The zero-order valence-electron chi connectivity index (χ0n) is 11.4. The molecule has 0 unspecified atom stereocenters. The van der Waals surface area contributed by atoms with Crippen molar-refractivity contribution >= 4 is 12.0 Å². The molecule has 1 rings (SSSR count). The number of amides is 2. The van der Waals surface area contributed by atoms with Crippen LogP contribution in [0.1, 0.15) is 41.1 Å². The van der Waals surface area contributed by atoms with Gasteiger partial charge in [0.25, 0.3) is 0 Å². The lowest BCUT2D eigenvalue weighted by Crippen LogP contribution is -2.35. The average Bonchev–Trinajstić information content (AvgIpc) is 2.77. The third kappa shape index (κ3) is 5.06. The summed E-state index contributed by atoms with van der Waals surface area (Å²) in [7, 11) is 0. The minimum absolute atomic E-state index is 0.108. The quantitative estimate of drug-likeness (QED) is 0.524. The molecule has 0 aliphatic rings. The van der Waals surface area contributed by atoms with Gasteiger partial charge < -0.3 is 20.2 Å². The van der Waals surface area contributed by atoms with Crippen LogP contribution in [0.5, 0.6) is 0 Å². The Kier molecular flexibility index (Phi) is 6.17. The highest BCUT2D eigenvalue weighted by molar-refractivity contribution is 5.88. The number of aromatic carboxylic acids is 1. The molecule has 1 heterocycles. The van der Waals surface area contributed by atoms with E-state index < -0.39 is 5.97 Å². The van der Waals surface area contributed by atoms with Gasteiger partial charge in [-0.3, -0.25) is 0 Å². The van der Waals surface area contributed by atoms with Crippen molar-refractivity contribution in [2.75, 3.05) is 6.54 Å². The van der Waals surface area contributed by atoms with Crippen molar-refractivity contribution in [2.24, 2.45) is 0 Å². The molecule has 2 amide bonds. The lowest BCUT2D eigenvalue weighted by molar-refractivity contribution is 0.0695. The number of carboxylic acids is 1. The number of carbonyl (C=O) groups excluding carboxylic acids is 1. The molecule has 1 aromatic rings. The summed E-state index contributed by atoms with van der Waals surface area (Å²) in [5, 5.41) is 14.1. The van der Waals surface area contributed by atoms with Crippen LogP contribution in [0.25, 0.3) is 0 Å². The number of hydrogen-bond donors (Lipinski definition) is 3. The van der Waals surface area contributed by atoms with Crippen LogP contribution < -0.4 is 10.6 Å². The highest BCUT2D eigenvalue weighted by Gasteiger charge is 2.13. The second kappa shape index (κ2) is 7.89. The van der Waals surface area contributed by atoms with Gasteiger partial charge in [-0.05, 0) is 25.8 Å². The van der Waals surface area contributed by atoms with E-state index in [1.165, 1.54) is 6.07 Å². The Morgan fingerprint density at radius 1 is 1.40 bits per heavy atom. The molecule has 20 heavy (non-hydrogen) atoms. The maximum Gasteiger partial charge on any atom is 0.339 e. The lowest BCUT2D eigenvalue weighted by atomic mass is 10.2. The zero-order valence-corrected chi connectivity index (χ0v) is 11.4. The molecular formula is C14H18N2O4. The summed E-state index contributed by atoms with van der Waals surface area (Å²) in [5.41, 5.74) is 0.108. The number of terminal acetylenes is 1. The first-order chi connectivity index (χ1) is 9.54. The molecule has 0 fully saturated rings. The maximum absolute atomic E-state index is 11.5. The summed E-state index contributed by atoms with van der Waals surface area (Å²) in [6.45, 7) is 2.26. The van der Waals surface area contributed by atoms with Gasteiger partial charge in [0.2, 0.25) is 0 Å². The van der Waals surface area contributed by atoms with Crippen LogP contribution in [-0.4, -0.2) is 23.7 Å². The maximum atomic E-state index is 11.5. The molecule has 0 aliphatic carbocycles. The van der Waals surface area contributed by atoms with E-state index in [1.807, 2.05) is 0 Å². The number of carbonyl (C=O) groups is 2. The predicted octanol–water partition coefficient (Wildman–Crippen LogP) is 1.89. The Hall–Kier alpha value is -2.42. The topological polar surface area (TPSA) is 91.6 Å². The fourth-order valence-corrected chi connectivity index (χ4v) is 1.63. The molecule has 1 aromatic heterocycles. The van der Waals surface area contributed by atoms with Gasteiger partial charge in [0.05, 0.1) is 6.54 Å². The van der Waals surface area contributed by atoms with E-state index in [0.29, 0.717) is 24.5 Å². The highest BCUT2D eigenvalue weighted by Crippen LogP contribution is 2.14. The van der Waals surface area contributed by atoms with Crippen molar-refractivity contribution in [3.8, 4) is 12.3 Å². The standard InChI is InChI=1S/C14H18N2O4/c1-3-4-5-6-7-15-14(19)16-9-11-8-12(13(17)18)10(2)20-11/h1,8H,4-7,9H2,2H3,(H,17,18)(H2,15,16,19). The molecule has 0 spiro atoms. The summed E-state index contributed by atoms with van der Waals surface area (Å²) in [6.07, 6.45) is 7.51. The number of rotatable bonds is 7. The van der Waals surface area contributed by atoms with Crippen molar-refractivity contribution in [3.05, 3.63) is 23.2 Å².